The molecule has 0 fully saturated rings. The molecular formula is C14H19N3O. The highest BCUT2D eigenvalue weighted by Crippen LogP contribution is 2.22. The number of imidazole rings is 1. The third-order valence-corrected chi connectivity index (χ3v) is 2.73. The molecule has 0 aliphatic rings. The van der Waals surface area contributed by atoms with Crippen molar-refractivity contribution in [2.24, 2.45) is 12.8 Å². The van der Waals surface area contributed by atoms with E-state index in [0.29, 0.717) is 0 Å². The molecule has 18 heavy (non-hydrogen) atoms. The lowest BCUT2D eigenvalue weighted by molar-refractivity contribution is 0.242. The van der Waals surface area contributed by atoms with E-state index in [-0.39, 0.29) is 12.1 Å². The second-order valence-corrected chi connectivity index (χ2v) is 4.61. The maximum atomic E-state index is 6.22. The molecule has 0 aliphatic heterocycles. The summed E-state index contributed by atoms with van der Waals surface area (Å²) in [4.78, 5) is 4.28. The molecule has 0 radical (unpaired) electrons. The zero-order valence-electron chi connectivity index (χ0n) is 11.0. The van der Waals surface area contributed by atoms with Crippen LogP contribution in [0, 0.1) is 0 Å². The van der Waals surface area contributed by atoms with Crippen LogP contribution >= 0.6 is 0 Å². The van der Waals surface area contributed by atoms with E-state index in [1.165, 1.54) is 0 Å². The number of aromatic nitrogens is 2. The summed E-state index contributed by atoms with van der Waals surface area (Å²) in [7, 11) is 1.94. The zero-order valence-corrected chi connectivity index (χ0v) is 11.0. The smallest absolute Gasteiger partial charge is 0.129 e. The van der Waals surface area contributed by atoms with E-state index in [1.807, 2.05) is 55.9 Å². The van der Waals surface area contributed by atoms with Crippen molar-refractivity contribution in [3.05, 3.63) is 48.0 Å². The molecule has 0 saturated carbocycles. The Morgan fingerprint density at radius 1 is 1.33 bits per heavy atom. The number of nitrogens with zero attached hydrogens (tertiary/aromatic N) is 2. The van der Waals surface area contributed by atoms with E-state index in [4.69, 9.17) is 10.5 Å². The third-order valence-electron chi connectivity index (χ3n) is 2.73. The van der Waals surface area contributed by atoms with Crippen molar-refractivity contribution < 1.29 is 4.74 Å². The minimum Gasteiger partial charge on any atom is -0.491 e. The molecule has 1 aromatic heterocycles. The molecular weight excluding hydrogens is 226 g/mol. The standard InChI is InChI=1S/C14H19N3O/c1-10(2)18-12-6-4-5-11(9-12)13(15)14-16-7-8-17(14)3/h4-10,13H,15H2,1-3H3. The molecule has 2 rings (SSSR count). The molecule has 0 bridgehead atoms. The van der Waals surface area contributed by atoms with Crippen LogP contribution in [0.2, 0.25) is 0 Å². The monoisotopic (exact) mass is 245 g/mol. The van der Waals surface area contributed by atoms with E-state index in [9.17, 15) is 0 Å². The lowest BCUT2D eigenvalue weighted by Gasteiger charge is -2.15. The van der Waals surface area contributed by atoms with E-state index >= 15 is 0 Å². The summed E-state index contributed by atoms with van der Waals surface area (Å²) in [5.74, 6) is 1.68. The van der Waals surface area contributed by atoms with Crippen LogP contribution in [0.4, 0.5) is 0 Å². The number of hydrogen-bond acceptors (Lipinski definition) is 3. The van der Waals surface area contributed by atoms with E-state index in [0.717, 1.165) is 17.1 Å². The second kappa shape index (κ2) is 5.23. The minimum atomic E-state index is -0.235. The van der Waals surface area contributed by atoms with Crippen LogP contribution in [0.15, 0.2) is 36.7 Å². The lowest BCUT2D eigenvalue weighted by atomic mass is 10.1. The van der Waals surface area contributed by atoms with Crippen LogP contribution in [0.3, 0.4) is 0 Å². The van der Waals surface area contributed by atoms with E-state index in [2.05, 4.69) is 4.98 Å². The van der Waals surface area contributed by atoms with Crippen molar-refractivity contribution in [2.45, 2.75) is 26.0 Å². The van der Waals surface area contributed by atoms with Gasteiger partial charge in [-0.25, -0.2) is 4.98 Å². The van der Waals surface area contributed by atoms with Crippen molar-refractivity contribution >= 4 is 0 Å². The van der Waals surface area contributed by atoms with Crippen molar-refractivity contribution in [3.63, 3.8) is 0 Å². The van der Waals surface area contributed by atoms with Gasteiger partial charge in [-0.3, -0.25) is 0 Å². The van der Waals surface area contributed by atoms with Crippen molar-refractivity contribution in [3.8, 4) is 5.75 Å². The zero-order chi connectivity index (χ0) is 13.1. The van der Waals surface area contributed by atoms with Gasteiger partial charge < -0.3 is 15.0 Å². The number of hydrogen-bond donors (Lipinski definition) is 1. The quantitative estimate of drug-likeness (QED) is 0.899. The van der Waals surface area contributed by atoms with Gasteiger partial charge in [0.2, 0.25) is 0 Å². The van der Waals surface area contributed by atoms with Gasteiger partial charge in [0.05, 0.1) is 12.1 Å². The Labute approximate surface area is 107 Å². The van der Waals surface area contributed by atoms with Gasteiger partial charge in [-0.1, -0.05) is 12.1 Å². The van der Waals surface area contributed by atoms with Gasteiger partial charge in [0.15, 0.2) is 0 Å². The molecule has 1 heterocycles. The highest BCUT2D eigenvalue weighted by molar-refractivity contribution is 5.33. The number of ether oxygens (including phenoxy) is 1. The normalized spacial score (nSPS) is 12.7. The summed E-state index contributed by atoms with van der Waals surface area (Å²) in [6.45, 7) is 4.01. The third kappa shape index (κ3) is 2.71. The first kappa shape index (κ1) is 12.6. The van der Waals surface area contributed by atoms with Crippen LogP contribution in [0.25, 0.3) is 0 Å². The summed E-state index contributed by atoms with van der Waals surface area (Å²) >= 11 is 0. The SMILES string of the molecule is CC(C)Oc1cccc(C(N)c2nccn2C)c1. The van der Waals surface area contributed by atoms with Crippen molar-refractivity contribution in [1.29, 1.82) is 0 Å². The van der Waals surface area contributed by atoms with Gasteiger partial charge >= 0.3 is 0 Å². The molecule has 2 N–H and O–H groups in total. The predicted molar refractivity (Wildman–Crippen MR) is 71.4 cm³/mol. The van der Waals surface area contributed by atoms with E-state index in [1.54, 1.807) is 6.20 Å². The Hall–Kier alpha value is -1.81. The fourth-order valence-electron chi connectivity index (χ4n) is 1.88. The second-order valence-electron chi connectivity index (χ2n) is 4.61. The number of nitrogens with two attached hydrogens (primary N) is 1. The Morgan fingerprint density at radius 3 is 2.72 bits per heavy atom. The first-order valence-electron chi connectivity index (χ1n) is 6.07. The Morgan fingerprint density at radius 2 is 2.11 bits per heavy atom. The largest absolute Gasteiger partial charge is 0.491 e. The predicted octanol–water partition coefficient (Wildman–Crippen LogP) is 2.26. The Balaban J connectivity index is 2.25. The van der Waals surface area contributed by atoms with Crippen molar-refractivity contribution in [1.82, 2.24) is 9.55 Å². The number of rotatable bonds is 4. The average Bonchev–Trinajstić information content (AvgIpc) is 2.74. The summed E-state index contributed by atoms with van der Waals surface area (Å²) < 4.78 is 7.60. The molecule has 4 heteroatoms. The average molecular weight is 245 g/mol. The fourth-order valence-corrected chi connectivity index (χ4v) is 1.88. The summed E-state index contributed by atoms with van der Waals surface area (Å²) in [5.41, 5.74) is 7.22. The Kier molecular flexibility index (Phi) is 3.67. The molecule has 1 aromatic carbocycles. The van der Waals surface area contributed by atoms with Gasteiger partial charge in [-0.05, 0) is 31.5 Å². The summed E-state index contributed by atoms with van der Waals surface area (Å²) in [6.07, 6.45) is 3.80. The molecule has 96 valence electrons. The minimum absolute atomic E-state index is 0.157. The molecule has 2 aromatic rings. The molecule has 1 unspecified atom stereocenters. The van der Waals surface area contributed by atoms with Gasteiger partial charge in [0, 0.05) is 19.4 Å². The summed E-state index contributed by atoms with van der Waals surface area (Å²) in [5, 5.41) is 0. The Bertz CT molecular complexity index is 519. The van der Waals surface area contributed by atoms with Gasteiger partial charge in [-0.15, -0.1) is 0 Å². The van der Waals surface area contributed by atoms with Gasteiger partial charge in [-0.2, -0.15) is 0 Å². The van der Waals surface area contributed by atoms with Gasteiger partial charge in [0.25, 0.3) is 0 Å². The van der Waals surface area contributed by atoms with Crippen molar-refractivity contribution in [2.75, 3.05) is 0 Å². The van der Waals surface area contributed by atoms with Gasteiger partial charge in [0.1, 0.15) is 11.6 Å². The van der Waals surface area contributed by atoms with Crippen LogP contribution < -0.4 is 10.5 Å². The fraction of sp³-hybridized carbons (Fsp3) is 0.357. The van der Waals surface area contributed by atoms with Crippen LogP contribution in [-0.4, -0.2) is 15.7 Å². The number of benzene rings is 1. The van der Waals surface area contributed by atoms with E-state index < -0.39 is 0 Å². The van der Waals surface area contributed by atoms with Crippen LogP contribution in [0.1, 0.15) is 31.3 Å². The topological polar surface area (TPSA) is 53.1 Å². The molecule has 0 spiro atoms. The molecule has 0 aliphatic carbocycles. The first-order valence-corrected chi connectivity index (χ1v) is 6.07. The van der Waals surface area contributed by atoms with Crippen LogP contribution in [0.5, 0.6) is 5.75 Å². The first-order chi connectivity index (χ1) is 8.58. The molecule has 0 saturated heterocycles. The van der Waals surface area contributed by atoms with Crippen LogP contribution in [-0.2, 0) is 7.05 Å². The highest BCUT2D eigenvalue weighted by Gasteiger charge is 2.14. The lowest BCUT2D eigenvalue weighted by Crippen LogP contribution is -2.16. The molecule has 1 atom stereocenters. The maximum absolute atomic E-state index is 6.22. The number of aryl methyl sites for hydroxylation is 1. The molecule has 0 amide bonds. The summed E-state index contributed by atoms with van der Waals surface area (Å²) in [6, 6.07) is 7.62. The highest BCUT2D eigenvalue weighted by atomic mass is 16.5. The maximum Gasteiger partial charge on any atom is 0.129 e. The molecule has 4 nitrogen and oxygen atoms in total.